The third-order valence-corrected chi connectivity index (χ3v) is 5.24. The summed E-state index contributed by atoms with van der Waals surface area (Å²) in [6.07, 6.45) is 0.209. The van der Waals surface area contributed by atoms with Crippen molar-refractivity contribution in [1.29, 1.82) is 0 Å². The van der Waals surface area contributed by atoms with Crippen molar-refractivity contribution in [3.63, 3.8) is 0 Å². The van der Waals surface area contributed by atoms with Gasteiger partial charge in [0.25, 0.3) is 5.56 Å². The second-order valence-electron chi connectivity index (χ2n) is 6.87. The Balaban J connectivity index is 1.85. The summed E-state index contributed by atoms with van der Waals surface area (Å²) in [5, 5.41) is 10.9. The van der Waals surface area contributed by atoms with E-state index in [1.807, 2.05) is 6.92 Å². The number of aliphatic hydroxyl groups excluding tert-OH is 1. The number of nitrogens with zero attached hydrogens (tertiary/aromatic N) is 2. The number of hydrogen-bond donors (Lipinski definition) is 5. The number of nitrogen functional groups attached to an aromatic ring is 1. The zero-order valence-electron chi connectivity index (χ0n) is 15.8. The number of hydrogen-bond acceptors (Lipinski definition) is 8. The summed E-state index contributed by atoms with van der Waals surface area (Å²) < 4.78 is 28.6. The van der Waals surface area contributed by atoms with Gasteiger partial charge in [-0.1, -0.05) is 13.3 Å². The van der Waals surface area contributed by atoms with Crippen molar-refractivity contribution < 1.29 is 33.5 Å². The van der Waals surface area contributed by atoms with E-state index in [-0.39, 0.29) is 17.9 Å². The van der Waals surface area contributed by atoms with Crippen LogP contribution in [0, 0.1) is 5.92 Å². The van der Waals surface area contributed by atoms with Gasteiger partial charge < -0.3 is 39.7 Å². The van der Waals surface area contributed by atoms with E-state index in [0.29, 0.717) is 12.1 Å². The van der Waals surface area contributed by atoms with Crippen LogP contribution in [0.2, 0.25) is 0 Å². The minimum Gasteiger partial charge on any atom is -0.388 e. The lowest BCUT2D eigenvalue weighted by Crippen LogP contribution is -2.32. The highest BCUT2D eigenvalue weighted by Crippen LogP contribution is 2.40. The van der Waals surface area contributed by atoms with E-state index >= 15 is 0 Å². The van der Waals surface area contributed by atoms with Crippen molar-refractivity contribution >= 4 is 24.7 Å². The maximum Gasteiger partial charge on any atom is 0.469 e. The predicted octanol–water partition coefficient (Wildman–Crippen LogP) is 0.107. The molecule has 2 aromatic heterocycles. The normalized spacial score (nSPS) is 25.1. The summed E-state index contributed by atoms with van der Waals surface area (Å²) in [6, 6.07) is 1.49. The Labute approximate surface area is 165 Å². The molecule has 0 saturated carbocycles. The molecule has 4 atom stereocenters. The molecule has 2 aromatic rings. The Morgan fingerprint density at radius 2 is 2.17 bits per heavy atom. The molecule has 3 rings (SSSR count). The van der Waals surface area contributed by atoms with Gasteiger partial charge in [0.05, 0.1) is 31.2 Å². The molecule has 162 valence electrons. The molecule has 0 radical (unpaired) electrons. The van der Waals surface area contributed by atoms with Crippen LogP contribution < -0.4 is 11.3 Å². The van der Waals surface area contributed by atoms with Crippen molar-refractivity contribution in [1.82, 2.24) is 14.5 Å². The first kappa shape index (κ1) is 21.9. The summed E-state index contributed by atoms with van der Waals surface area (Å²) in [7, 11) is -4.72. The number of anilines is 1. The Bertz CT molecular complexity index is 941. The second-order valence-corrected chi connectivity index (χ2v) is 8.11. The van der Waals surface area contributed by atoms with Crippen molar-refractivity contribution in [2.45, 2.75) is 38.2 Å². The van der Waals surface area contributed by atoms with Crippen LogP contribution in [0.3, 0.4) is 0 Å². The van der Waals surface area contributed by atoms with Crippen LogP contribution in [0.5, 0.6) is 0 Å². The number of aliphatic hydroxyl groups is 1. The molecule has 1 aliphatic rings. The number of ether oxygens (including phenoxy) is 2. The molecule has 1 saturated heterocycles. The number of nitrogens with one attached hydrogen (secondary N) is 1. The topological polar surface area (TPSA) is 182 Å². The number of aromatic amines is 1. The van der Waals surface area contributed by atoms with Crippen molar-refractivity contribution in [3.8, 4) is 0 Å². The lowest BCUT2D eigenvalue weighted by Gasteiger charge is -2.20. The first-order valence-corrected chi connectivity index (χ1v) is 10.7. The van der Waals surface area contributed by atoms with Gasteiger partial charge in [-0.05, 0) is 6.42 Å². The number of rotatable bonds is 9. The van der Waals surface area contributed by atoms with E-state index < -0.39 is 44.3 Å². The fourth-order valence-electron chi connectivity index (χ4n) is 3.29. The van der Waals surface area contributed by atoms with Gasteiger partial charge in [0.1, 0.15) is 11.9 Å². The first-order valence-electron chi connectivity index (χ1n) is 9.18. The van der Waals surface area contributed by atoms with Gasteiger partial charge in [0, 0.05) is 18.6 Å². The van der Waals surface area contributed by atoms with Gasteiger partial charge in [-0.15, -0.1) is 0 Å². The molecule has 3 heterocycles. The number of fused-ring (bicyclic) bond motifs is 1. The number of pyridine rings is 1. The zero-order chi connectivity index (χ0) is 21.2. The number of phosphoric acid groups is 1. The highest BCUT2D eigenvalue weighted by molar-refractivity contribution is 7.46. The van der Waals surface area contributed by atoms with Crippen molar-refractivity contribution in [2.24, 2.45) is 5.92 Å². The summed E-state index contributed by atoms with van der Waals surface area (Å²) in [4.78, 5) is 36.5. The smallest absolute Gasteiger partial charge is 0.388 e. The number of H-pyrrole nitrogens is 1. The van der Waals surface area contributed by atoms with E-state index in [2.05, 4.69) is 14.5 Å². The van der Waals surface area contributed by atoms with Crippen molar-refractivity contribution in [3.05, 3.63) is 22.7 Å². The first-order chi connectivity index (χ1) is 13.7. The van der Waals surface area contributed by atoms with Crippen LogP contribution in [-0.2, 0) is 18.6 Å². The summed E-state index contributed by atoms with van der Waals surface area (Å²) >= 11 is 0. The average molecular weight is 432 g/mol. The van der Waals surface area contributed by atoms with Crippen molar-refractivity contribution in [2.75, 3.05) is 25.6 Å². The molecule has 13 heteroatoms. The zero-order valence-corrected chi connectivity index (χ0v) is 16.7. The number of unbranched alkanes of at least 4 members (excludes halogenated alkanes) is 1. The van der Waals surface area contributed by atoms with Crippen LogP contribution in [0.1, 0.15) is 26.0 Å². The molecular weight excluding hydrogens is 407 g/mol. The lowest BCUT2D eigenvalue weighted by molar-refractivity contribution is -0.0493. The molecule has 0 spiro atoms. The quantitative estimate of drug-likeness (QED) is 0.269. The third-order valence-electron chi connectivity index (χ3n) is 4.75. The van der Waals surface area contributed by atoms with Crippen LogP contribution in [0.15, 0.2) is 17.2 Å². The Kier molecular flexibility index (Phi) is 6.74. The van der Waals surface area contributed by atoms with Crippen LogP contribution in [-0.4, -0.2) is 61.5 Å². The molecule has 0 unspecified atom stereocenters. The number of aromatic nitrogens is 3. The number of nitrogens with two attached hydrogens (primary N) is 1. The van der Waals surface area contributed by atoms with Gasteiger partial charge in [0.2, 0.25) is 0 Å². The Hall–Kier alpha value is -1.79. The second kappa shape index (κ2) is 8.92. The number of phosphoric ester groups is 1. The maximum absolute atomic E-state index is 12.0. The van der Waals surface area contributed by atoms with E-state index in [0.717, 1.165) is 12.8 Å². The number of imidazole rings is 1. The molecule has 0 bridgehead atoms. The molecular formula is C16H25N4O8P. The van der Waals surface area contributed by atoms with Gasteiger partial charge in [-0.25, -0.2) is 9.55 Å². The minimum absolute atomic E-state index is 0.113. The SMILES string of the molecule is CCCCOC[C@H]1[C@@H](O)[C@H](n2cnc3c(=O)[nH]c(N)cc32)O[C@@H]1COP(=O)(O)O. The molecule has 29 heavy (non-hydrogen) atoms. The monoisotopic (exact) mass is 432 g/mol. The molecule has 12 nitrogen and oxygen atoms in total. The van der Waals surface area contributed by atoms with Gasteiger partial charge in [0.15, 0.2) is 11.7 Å². The standard InChI is InChI=1S/C16H25N4O8P/c1-2-3-4-26-6-9-11(7-27-29(23,24)25)28-16(14(9)21)20-8-18-13-10(20)5-12(17)19-15(13)22/h5,8-9,11,14,16,21H,2-4,6-7H2,1H3,(H3,17,19,22)(H2,23,24,25)/t9-,11-,14-,16-/m1/s1. The van der Waals surface area contributed by atoms with Crippen LogP contribution in [0.25, 0.3) is 11.0 Å². The van der Waals surface area contributed by atoms with Gasteiger partial charge in [-0.2, -0.15) is 0 Å². The van der Waals surface area contributed by atoms with Crippen LogP contribution in [0.4, 0.5) is 5.82 Å². The Morgan fingerprint density at radius 3 is 2.86 bits per heavy atom. The van der Waals surface area contributed by atoms with E-state index in [1.165, 1.54) is 17.0 Å². The lowest BCUT2D eigenvalue weighted by atomic mass is 9.99. The fraction of sp³-hybridized carbons (Fsp3) is 0.625. The van der Waals surface area contributed by atoms with Crippen LogP contribution >= 0.6 is 7.82 Å². The van der Waals surface area contributed by atoms with Gasteiger partial charge >= 0.3 is 7.82 Å². The third kappa shape index (κ3) is 5.04. The maximum atomic E-state index is 12.0. The summed E-state index contributed by atoms with van der Waals surface area (Å²) in [5.74, 6) is -0.488. The molecule has 0 amide bonds. The van der Waals surface area contributed by atoms with E-state index in [9.17, 15) is 14.5 Å². The summed E-state index contributed by atoms with van der Waals surface area (Å²) in [5.41, 5.74) is 5.71. The molecule has 0 aliphatic carbocycles. The molecule has 1 aliphatic heterocycles. The minimum atomic E-state index is -4.72. The fourth-order valence-corrected chi connectivity index (χ4v) is 3.63. The summed E-state index contributed by atoms with van der Waals surface area (Å²) in [6.45, 7) is 2.18. The largest absolute Gasteiger partial charge is 0.469 e. The van der Waals surface area contributed by atoms with Gasteiger partial charge in [-0.3, -0.25) is 9.32 Å². The Morgan fingerprint density at radius 1 is 1.41 bits per heavy atom. The molecule has 0 aromatic carbocycles. The highest BCUT2D eigenvalue weighted by atomic mass is 31.2. The predicted molar refractivity (Wildman–Crippen MR) is 102 cm³/mol. The van der Waals surface area contributed by atoms with E-state index in [4.69, 9.17) is 25.0 Å². The molecule has 6 N–H and O–H groups in total. The average Bonchev–Trinajstić information content (AvgIpc) is 3.18. The highest BCUT2D eigenvalue weighted by Gasteiger charge is 2.45. The van der Waals surface area contributed by atoms with E-state index in [1.54, 1.807) is 0 Å². The molecule has 1 fully saturated rings.